The quantitative estimate of drug-likeness (QED) is 0.452. The fourth-order valence-corrected chi connectivity index (χ4v) is 4.76. The lowest BCUT2D eigenvalue weighted by Gasteiger charge is -2.42. The number of carbonyl (C=O) groups is 1. The molecule has 0 saturated carbocycles. The van der Waals surface area contributed by atoms with Gasteiger partial charge in [0.1, 0.15) is 11.5 Å². The number of amides is 1. The predicted molar refractivity (Wildman–Crippen MR) is 116 cm³/mol. The van der Waals surface area contributed by atoms with Crippen LogP contribution in [0.4, 0.5) is 22.0 Å². The highest BCUT2D eigenvalue weighted by Crippen LogP contribution is 2.37. The molecule has 0 radical (unpaired) electrons. The molecule has 1 aliphatic heterocycles. The number of thiazole rings is 1. The van der Waals surface area contributed by atoms with Gasteiger partial charge in [-0.3, -0.25) is 4.79 Å². The van der Waals surface area contributed by atoms with E-state index in [1.807, 2.05) is 0 Å². The van der Waals surface area contributed by atoms with Gasteiger partial charge in [0.15, 0.2) is 11.5 Å². The van der Waals surface area contributed by atoms with Crippen molar-refractivity contribution in [2.24, 2.45) is 5.92 Å². The molecule has 1 fully saturated rings. The van der Waals surface area contributed by atoms with Crippen molar-refractivity contribution in [3.05, 3.63) is 53.1 Å². The first-order valence-electron chi connectivity index (χ1n) is 10.5. The summed E-state index contributed by atoms with van der Waals surface area (Å²) in [4.78, 5) is 31.1. The Balaban J connectivity index is 1.60. The summed E-state index contributed by atoms with van der Waals surface area (Å²) in [5, 5.41) is 0.536. The van der Waals surface area contributed by atoms with Crippen molar-refractivity contribution in [2.45, 2.75) is 38.4 Å². The molecular formula is C22H20F5N5O2S. The Labute approximate surface area is 201 Å². The maximum atomic E-state index is 14.5. The average molecular weight is 513 g/mol. The van der Waals surface area contributed by atoms with Gasteiger partial charge in [-0.1, -0.05) is 6.92 Å². The summed E-state index contributed by atoms with van der Waals surface area (Å²) in [7, 11) is 0. The Hall–Kier alpha value is -3.22. The third kappa shape index (κ3) is 5.55. The maximum absolute atomic E-state index is 14.5. The highest BCUT2D eigenvalue weighted by Gasteiger charge is 2.47. The summed E-state index contributed by atoms with van der Waals surface area (Å²) in [5.74, 6) is -4.39. The standard InChI is InChI=1S/C22H20F5N5O2S/c1-12-8-21(23,24)11-32(15(12)10-34-16-5-4-14(9-30-16)22(25,26)27)20(33)17-18(35-13(2)31-17)19-28-6-3-7-29-19/h3-7,9,12,15H,8,10-11H2,1-2H3/t12-,15-/m1/s1. The maximum Gasteiger partial charge on any atom is 0.417 e. The normalized spacial score (nSPS) is 20.0. The molecule has 0 unspecified atom stereocenters. The zero-order valence-electron chi connectivity index (χ0n) is 18.6. The van der Waals surface area contributed by atoms with Gasteiger partial charge in [0, 0.05) is 31.1 Å². The van der Waals surface area contributed by atoms with E-state index in [9.17, 15) is 26.7 Å². The second-order valence-electron chi connectivity index (χ2n) is 8.21. The zero-order valence-corrected chi connectivity index (χ0v) is 19.4. The van der Waals surface area contributed by atoms with Gasteiger partial charge >= 0.3 is 6.18 Å². The lowest BCUT2D eigenvalue weighted by atomic mass is 9.88. The van der Waals surface area contributed by atoms with Crippen LogP contribution in [0.25, 0.3) is 10.7 Å². The number of alkyl halides is 5. The molecule has 0 N–H and O–H groups in total. The number of aromatic nitrogens is 4. The van der Waals surface area contributed by atoms with E-state index in [4.69, 9.17) is 4.74 Å². The minimum atomic E-state index is -4.55. The molecule has 3 aromatic heterocycles. The molecule has 7 nitrogen and oxygen atoms in total. The number of piperidine rings is 1. The van der Waals surface area contributed by atoms with Crippen LogP contribution in [-0.2, 0) is 6.18 Å². The van der Waals surface area contributed by atoms with Gasteiger partial charge in [0.05, 0.1) is 23.2 Å². The average Bonchev–Trinajstić information content (AvgIpc) is 3.19. The smallest absolute Gasteiger partial charge is 0.417 e. The van der Waals surface area contributed by atoms with Crippen LogP contribution in [-0.4, -0.2) is 55.9 Å². The molecule has 1 amide bonds. The second kappa shape index (κ2) is 9.44. The van der Waals surface area contributed by atoms with Crippen molar-refractivity contribution in [3.63, 3.8) is 0 Å². The van der Waals surface area contributed by atoms with Gasteiger partial charge in [0.25, 0.3) is 11.8 Å². The van der Waals surface area contributed by atoms with Crippen molar-refractivity contribution in [3.8, 4) is 16.6 Å². The van der Waals surface area contributed by atoms with E-state index in [1.54, 1.807) is 19.9 Å². The van der Waals surface area contributed by atoms with E-state index in [0.717, 1.165) is 17.0 Å². The van der Waals surface area contributed by atoms with Crippen molar-refractivity contribution >= 4 is 17.2 Å². The first-order valence-corrected chi connectivity index (χ1v) is 11.4. The monoisotopic (exact) mass is 513 g/mol. The predicted octanol–water partition coefficient (Wildman–Crippen LogP) is 4.89. The summed E-state index contributed by atoms with van der Waals surface area (Å²) in [6.07, 6.45) is -1.41. The van der Waals surface area contributed by atoms with E-state index in [0.29, 0.717) is 16.1 Å². The Kier molecular flexibility index (Phi) is 6.71. The summed E-state index contributed by atoms with van der Waals surface area (Å²) in [6, 6.07) is 2.67. The molecule has 0 spiro atoms. The summed E-state index contributed by atoms with van der Waals surface area (Å²) in [6.45, 7) is 2.16. The topological polar surface area (TPSA) is 81.1 Å². The summed E-state index contributed by atoms with van der Waals surface area (Å²) in [5.41, 5.74) is -0.983. The van der Waals surface area contributed by atoms with E-state index >= 15 is 0 Å². The van der Waals surface area contributed by atoms with Crippen LogP contribution >= 0.6 is 11.3 Å². The zero-order chi connectivity index (χ0) is 25.4. The number of ether oxygens (including phenoxy) is 1. The number of carbonyl (C=O) groups excluding carboxylic acids is 1. The Morgan fingerprint density at radius 3 is 2.57 bits per heavy atom. The largest absolute Gasteiger partial charge is 0.475 e. The molecule has 0 bridgehead atoms. The minimum Gasteiger partial charge on any atom is -0.475 e. The van der Waals surface area contributed by atoms with Crippen molar-refractivity contribution < 1.29 is 31.5 Å². The number of halogens is 5. The first kappa shape index (κ1) is 24.9. The lowest BCUT2D eigenvalue weighted by Crippen LogP contribution is -2.57. The first-order chi connectivity index (χ1) is 16.4. The number of nitrogens with zero attached hydrogens (tertiary/aromatic N) is 5. The fourth-order valence-electron chi connectivity index (χ4n) is 3.90. The number of hydrogen-bond acceptors (Lipinski definition) is 7. The van der Waals surface area contributed by atoms with Gasteiger partial charge in [-0.2, -0.15) is 13.2 Å². The van der Waals surface area contributed by atoms with Gasteiger partial charge in [-0.25, -0.2) is 28.7 Å². The molecule has 13 heteroatoms. The number of pyridine rings is 1. The molecule has 1 saturated heterocycles. The fraction of sp³-hybridized carbons (Fsp3) is 0.409. The van der Waals surface area contributed by atoms with Crippen molar-refractivity contribution in [1.29, 1.82) is 0 Å². The van der Waals surface area contributed by atoms with Crippen LogP contribution in [0.3, 0.4) is 0 Å². The number of rotatable bonds is 5. The lowest BCUT2D eigenvalue weighted by molar-refractivity contribution is -0.137. The molecule has 4 rings (SSSR count). The third-order valence-electron chi connectivity index (χ3n) is 5.51. The van der Waals surface area contributed by atoms with E-state index in [-0.39, 0.29) is 24.0 Å². The summed E-state index contributed by atoms with van der Waals surface area (Å²) >= 11 is 1.17. The molecule has 35 heavy (non-hydrogen) atoms. The van der Waals surface area contributed by atoms with Gasteiger partial charge in [-0.05, 0) is 25.0 Å². The third-order valence-corrected chi connectivity index (χ3v) is 6.48. The van der Waals surface area contributed by atoms with Crippen LogP contribution in [0.1, 0.15) is 34.4 Å². The van der Waals surface area contributed by atoms with Crippen molar-refractivity contribution in [2.75, 3.05) is 13.2 Å². The molecule has 4 heterocycles. The Morgan fingerprint density at radius 2 is 1.94 bits per heavy atom. The van der Waals surface area contributed by atoms with Gasteiger partial charge in [0.2, 0.25) is 5.88 Å². The van der Waals surface area contributed by atoms with Crippen LogP contribution in [0.5, 0.6) is 5.88 Å². The highest BCUT2D eigenvalue weighted by molar-refractivity contribution is 7.15. The minimum absolute atomic E-state index is 0.0405. The van der Waals surface area contributed by atoms with Crippen LogP contribution in [0, 0.1) is 12.8 Å². The number of hydrogen-bond donors (Lipinski definition) is 0. The van der Waals surface area contributed by atoms with Crippen LogP contribution in [0.2, 0.25) is 0 Å². The van der Waals surface area contributed by atoms with Crippen molar-refractivity contribution in [1.82, 2.24) is 24.8 Å². The van der Waals surface area contributed by atoms with E-state index in [2.05, 4.69) is 19.9 Å². The molecule has 0 aliphatic carbocycles. The molecular weight excluding hydrogens is 493 g/mol. The Morgan fingerprint density at radius 1 is 1.23 bits per heavy atom. The second-order valence-corrected chi connectivity index (χ2v) is 9.42. The van der Waals surface area contributed by atoms with Crippen LogP contribution in [0.15, 0.2) is 36.8 Å². The Bertz CT molecular complexity index is 1190. The molecule has 3 aromatic rings. The summed E-state index contributed by atoms with van der Waals surface area (Å²) < 4.78 is 72.8. The molecule has 186 valence electrons. The van der Waals surface area contributed by atoms with E-state index < -0.39 is 48.5 Å². The van der Waals surface area contributed by atoms with E-state index in [1.165, 1.54) is 23.7 Å². The highest BCUT2D eigenvalue weighted by atomic mass is 32.1. The molecule has 2 atom stereocenters. The van der Waals surface area contributed by atoms with Crippen LogP contribution < -0.4 is 4.74 Å². The number of aryl methyl sites for hydroxylation is 1. The van der Waals surface area contributed by atoms with Gasteiger partial charge in [-0.15, -0.1) is 11.3 Å². The van der Waals surface area contributed by atoms with Gasteiger partial charge < -0.3 is 9.64 Å². The molecule has 1 aliphatic rings. The number of likely N-dealkylation sites (tertiary alicyclic amines) is 1. The SMILES string of the molecule is Cc1nc(C(=O)N2CC(F)(F)C[C@@H](C)[C@H]2COc2ccc(C(F)(F)F)cn2)c(-c2ncccn2)s1. The molecule has 0 aromatic carbocycles.